The van der Waals surface area contributed by atoms with Crippen molar-refractivity contribution in [3.05, 3.63) is 23.7 Å². The number of nitrogens with one attached hydrogen (secondary N) is 1. The lowest BCUT2D eigenvalue weighted by atomic mass is 10.1. The van der Waals surface area contributed by atoms with E-state index in [1.807, 2.05) is 26.0 Å². The van der Waals surface area contributed by atoms with E-state index in [2.05, 4.69) is 5.32 Å². The molecular formula is C15H23F3N2O. The van der Waals surface area contributed by atoms with E-state index >= 15 is 0 Å². The molecule has 2 unspecified atom stereocenters. The molecule has 2 atom stereocenters. The van der Waals surface area contributed by atoms with Gasteiger partial charge >= 0.3 is 6.18 Å². The Bertz CT molecular complexity index is 444. The highest BCUT2D eigenvalue weighted by atomic mass is 19.4. The molecule has 21 heavy (non-hydrogen) atoms. The molecule has 0 bridgehead atoms. The maximum Gasteiger partial charge on any atom is 0.401 e. The number of halogens is 3. The van der Waals surface area contributed by atoms with Gasteiger partial charge in [-0.3, -0.25) is 4.90 Å². The number of nitrogens with zero attached hydrogens (tertiary/aromatic N) is 1. The van der Waals surface area contributed by atoms with Gasteiger partial charge in [0.1, 0.15) is 11.5 Å². The predicted octanol–water partition coefficient (Wildman–Crippen LogP) is 3.38. The highest BCUT2D eigenvalue weighted by molar-refractivity contribution is 5.10. The molecule has 1 aliphatic rings. The molecule has 0 amide bonds. The van der Waals surface area contributed by atoms with Gasteiger partial charge in [0.05, 0.1) is 12.6 Å². The van der Waals surface area contributed by atoms with Crippen LogP contribution in [0, 0.1) is 5.92 Å². The van der Waals surface area contributed by atoms with Crippen molar-refractivity contribution in [1.82, 2.24) is 10.2 Å². The van der Waals surface area contributed by atoms with E-state index in [4.69, 9.17) is 4.42 Å². The summed E-state index contributed by atoms with van der Waals surface area (Å²) >= 11 is 0. The third-order valence-corrected chi connectivity index (χ3v) is 3.94. The number of likely N-dealkylation sites (tertiary alicyclic amines) is 1. The Hall–Kier alpha value is -1.01. The molecule has 0 radical (unpaired) electrons. The van der Waals surface area contributed by atoms with Crippen LogP contribution in [-0.2, 0) is 6.42 Å². The van der Waals surface area contributed by atoms with Gasteiger partial charge in [0.25, 0.3) is 0 Å². The fourth-order valence-electron chi connectivity index (χ4n) is 2.74. The van der Waals surface area contributed by atoms with Crippen LogP contribution in [0.4, 0.5) is 13.2 Å². The zero-order chi connectivity index (χ0) is 15.5. The number of furan rings is 1. The maximum atomic E-state index is 12.3. The lowest BCUT2D eigenvalue weighted by Gasteiger charge is -2.19. The summed E-state index contributed by atoms with van der Waals surface area (Å²) in [4.78, 5) is 1.49. The Balaban J connectivity index is 1.74. The zero-order valence-corrected chi connectivity index (χ0v) is 12.5. The molecule has 1 fully saturated rings. The standard InChI is InChI=1S/C15H23F3N2O/c1-3-13-4-5-14(21-13)11(2)19-8-12-6-7-20(9-12)10-15(16,17)18/h4-5,11-12,19H,3,6-10H2,1-2H3. The summed E-state index contributed by atoms with van der Waals surface area (Å²) in [5.74, 6) is 2.11. The van der Waals surface area contributed by atoms with Crippen LogP contribution in [0.3, 0.4) is 0 Å². The normalized spacial score (nSPS) is 21.9. The molecule has 0 aromatic carbocycles. The molecule has 2 rings (SSSR count). The highest BCUT2D eigenvalue weighted by Crippen LogP contribution is 2.23. The second-order valence-electron chi connectivity index (χ2n) is 5.79. The van der Waals surface area contributed by atoms with Gasteiger partial charge in [-0.05, 0) is 44.5 Å². The van der Waals surface area contributed by atoms with E-state index in [0.29, 0.717) is 13.1 Å². The van der Waals surface area contributed by atoms with Crippen LogP contribution >= 0.6 is 0 Å². The zero-order valence-electron chi connectivity index (χ0n) is 12.5. The summed E-state index contributed by atoms with van der Waals surface area (Å²) in [5.41, 5.74) is 0. The van der Waals surface area contributed by atoms with E-state index in [0.717, 1.165) is 30.9 Å². The number of hydrogen-bond acceptors (Lipinski definition) is 3. The molecule has 2 heterocycles. The van der Waals surface area contributed by atoms with Crippen molar-refractivity contribution < 1.29 is 17.6 Å². The third-order valence-electron chi connectivity index (χ3n) is 3.94. The first-order valence-corrected chi connectivity index (χ1v) is 7.48. The molecule has 1 aromatic heterocycles. The number of rotatable bonds is 6. The quantitative estimate of drug-likeness (QED) is 0.873. The largest absolute Gasteiger partial charge is 0.464 e. The molecule has 1 N–H and O–H groups in total. The van der Waals surface area contributed by atoms with Gasteiger partial charge in [-0.25, -0.2) is 0 Å². The molecule has 1 saturated heterocycles. The molecule has 120 valence electrons. The summed E-state index contributed by atoms with van der Waals surface area (Å²) in [5, 5.41) is 3.36. The summed E-state index contributed by atoms with van der Waals surface area (Å²) in [6.45, 7) is 5.02. The van der Waals surface area contributed by atoms with Crippen LogP contribution in [0.15, 0.2) is 16.5 Å². The molecule has 3 nitrogen and oxygen atoms in total. The summed E-state index contributed by atoms with van der Waals surface area (Å²) in [7, 11) is 0. The van der Waals surface area contributed by atoms with Crippen molar-refractivity contribution in [3.63, 3.8) is 0 Å². The van der Waals surface area contributed by atoms with Crippen molar-refractivity contribution >= 4 is 0 Å². The van der Waals surface area contributed by atoms with Crippen LogP contribution in [0.25, 0.3) is 0 Å². The maximum absolute atomic E-state index is 12.3. The molecule has 1 aromatic rings. The lowest BCUT2D eigenvalue weighted by molar-refractivity contribution is -0.143. The van der Waals surface area contributed by atoms with Crippen LogP contribution < -0.4 is 5.32 Å². The molecule has 1 aliphatic heterocycles. The van der Waals surface area contributed by atoms with E-state index in [-0.39, 0.29) is 12.0 Å². The molecule has 0 saturated carbocycles. The van der Waals surface area contributed by atoms with Crippen LogP contribution in [-0.4, -0.2) is 37.3 Å². The van der Waals surface area contributed by atoms with Crippen molar-refractivity contribution in [3.8, 4) is 0 Å². The number of hydrogen-bond donors (Lipinski definition) is 1. The first kappa shape index (κ1) is 16.4. The van der Waals surface area contributed by atoms with Crippen molar-refractivity contribution in [1.29, 1.82) is 0 Å². The first-order valence-electron chi connectivity index (χ1n) is 7.48. The Kier molecular flexibility index (Phi) is 5.32. The Morgan fingerprint density at radius 2 is 2.19 bits per heavy atom. The van der Waals surface area contributed by atoms with Gasteiger partial charge in [-0.1, -0.05) is 6.92 Å². The molecule has 6 heteroatoms. The minimum Gasteiger partial charge on any atom is -0.464 e. The summed E-state index contributed by atoms with van der Waals surface area (Å²) in [6.07, 6.45) is -2.42. The van der Waals surface area contributed by atoms with Crippen molar-refractivity contribution in [2.75, 3.05) is 26.2 Å². The van der Waals surface area contributed by atoms with Crippen LogP contribution in [0.5, 0.6) is 0 Å². The van der Waals surface area contributed by atoms with Crippen LogP contribution in [0.1, 0.15) is 37.8 Å². The predicted molar refractivity (Wildman–Crippen MR) is 75.1 cm³/mol. The number of aryl methyl sites for hydroxylation is 1. The number of alkyl halides is 3. The first-order chi connectivity index (χ1) is 9.87. The molecule has 0 aliphatic carbocycles. The fourth-order valence-corrected chi connectivity index (χ4v) is 2.74. The van der Waals surface area contributed by atoms with Gasteiger partial charge in [-0.2, -0.15) is 13.2 Å². The molecule has 0 spiro atoms. The smallest absolute Gasteiger partial charge is 0.401 e. The SMILES string of the molecule is CCc1ccc(C(C)NCC2CCN(CC(F)(F)F)C2)o1. The average Bonchev–Trinajstić information content (AvgIpc) is 3.02. The van der Waals surface area contributed by atoms with E-state index in [1.165, 1.54) is 4.90 Å². The monoisotopic (exact) mass is 304 g/mol. The van der Waals surface area contributed by atoms with E-state index in [9.17, 15) is 13.2 Å². The average molecular weight is 304 g/mol. The summed E-state index contributed by atoms with van der Waals surface area (Å²) in [6, 6.07) is 4.01. The third kappa shape index (κ3) is 5.04. The second-order valence-corrected chi connectivity index (χ2v) is 5.79. The molecular weight excluding hydrogens is 281 g/mol. The van der Waals surface area contributed by atoms with Gasteiger partial charge in [0.15, 0.2) is 0 Å². The second kappa shape index (κ2) is 6.83. The Morgan fingerprint density at radius 3 is 2.81 bits per heavy atom. The Labute approximate surface area is 123 Å². The topological polar surface area (TPSA) is 28.4 Å². The fraction of sp³-hybridized carbons (Fsp3) is 0.733. The Morgan fingerprint density at radius 1 is 1.43 bits per heavy atom. The minimum atomic E-state index is -4.10. The van der Waals surface area contributed by atoms with E-state index in [1.54, 1.807) is 0 Å². The lowest BCUT2D eigenvalue weighted by Crippen LogP contribution is -2.34. The summed E-state index contributed by atoms with van der Waals surface area (Å²) < 4.78 is 42.7. The van der Waals surface area contributed by atoms with Gasteiger partial charge in [0, 0.05) is 13.0 Å². The minimum absolute atomic E-state index is 0.0852. The van der Waals surface area contributed by atoms with Gasteiger partial charge in [-0.15, -0.1) is 0 Å². The highest BCUT2D eigenvalue weighted by Gasteiger charge is 2.34. The van der Waals surface area contributed by atoms with Crippen molar-refractivity contribution in [2.45, 2.75) is 38.9 Å². The van der Waals surface area contributed by atoms with Crippen molar-refractivity contribution in [2.24, 2.45) is 5.92 Å². The van der Waals surface area contributed by atoms with Gasteiger partial charge < -0.3 is 9.73 Å². The van der Waals surface area contributed by atoms with Gasteiger partial charge in [0.2, 0.25) is 0 Å². The van der Waals surface area contributed by atoms with Crippen LogP contribution in [0.2, 0.25) is 0 Å². The van der Waals surface area contributed by atoms with E-state index < -0.39 is 12.7 Å².